The molecule has 1 aliphatic rings. The first-order valence-electron chi connectivity index (χ1n) is 11.0. The highest BCUT2D eigenvalue weighted by molar-refractivity contribution is 7.92. The van der Waals surface area contributed by atoms with Crippen LogP contribution in [0.4, 0.5) is 14.5 Å². The van der Waals surface area contributed by atoms with Crippen molar-refractivity contribution >= 4 is 27.0 Å². The molecule has 10 heteroatoms. The van der Waals surface area contributed by atoms with Crippen molar-refractivity contribution in [1.82, 2.24) is 9.97 Å². The van der Waals surface area contributed by atoms with Crippen LogP contribution in [0.15, 0.2) is 71.9 Å². The third-order valence-electron chi connectivity index (χ3n) is 5.73. The third-order valence-corrected chi connectivity index (χ3v) is 8.39. The van der Waals surface area contributed by atoms with Gasteiger partial charge in [0.1, 0.15) is 16.5 Å². The van der Waals surface area contributed by atoms with E-state index in [1.54, 1.807) is 41.9 Å². The van der Waals surface area contributed by atoms with Crippen molar-refractivity contribution in [1.29, 1.82) is 0 Å². The second kappa shape index (κ2) is 9.80. The normalized spacial score (nSPS) is 14.7. The van der Waals surface area contributed by atoms with Crippen molar-refractivity contribution in [2.45, 2.75) is 23.7 Å². The van der Waals surface area contributed by atoms with Gasteiger partial charge in [-0.3, -0.25) is 9.71 Å². The summed E-state index contributed by atoms with van der Waals surface area (Å²) >= 11 is 1.61. The largest absolute Gasteiger partial charge is 0.381 e. The van der Waals surface area contributed by atoms with Crippen molar-refractivity contribution in [3.05, 3.63) is 83.6 Å². The first kappa shape index (κ1) is 23.5. The van der Waals surface area contributed by atoms with Gasteiger partial charge in [0.2, 0.25) is 0 Å². The Hall–Kier alpha value is -3.21. The van der Waals surface area contributed by atoms with E-state index in [2.05, 4.69) is 9.71 Å². The summed E-state index contributed by atoms with van der Waals surface area (Å²) in [5, 5.41) is 1.00. The number of hydrogen-bond donors (Lipinski definition) is 1. The van der Waals surface area contributed by atoms with Crippen molar-refractivity contribution in [3.8, 4) is 21.7 Å². The van der Waals surface area contributed by atoms with E-state index < -0.39 is 26.6 Å². The predicted molar refractivity (Wildman–Crippen MR) is 131 cm³/mol. The van der Waals surface area contributed by atoms with Gasteiger partial charge in [0, 0.05) is 42.8 Å². The zero-order chi connectivity index (χ0) is 24.4. The van der Waals surface area contributed by atoms with Gasteiger partial charge < -0.3 is 4.74 Å². The Balaban J connectivity index is 1.53. The highest BCUT2D eigenvalue weighted by Gasteiger charge is 2.24. The maximum Gasteiger partial charge on any atom is 0.264 e. The molecule has 0 amide bonds. The summed E-state index contributed by atoms with van der Waals surface area (Å²) in [6, 6.07) is 12.9. The first-order chi connectivity index (χ1) is 16.9. The minimum atomic E-state index is -4.34. The SMILES string of the molecule is O=S(=O)(Nc1cccc(-c2nc(C3CCOCC3)sc2-c2ccncc2)c1)c1cc(F)ccc1F. The maximum atomic E-state index is 14.1. The number of rotatable bonds is 6. The molecule has 1 fully saturated rings. The number of aromatic nitrogens is 2. The predicted octanol–water partition coefficient (Wildman–Crippen LogP) is 5.85. The smallest absolute Gasteiger partial charge is 0.264 e. The van der Waals surface area contributed by atoms with E-state index in [4.69, 9.17) is 9.72 Å². The fourth-order valence-corrected chi connectivity index (χ4v) is 6.38. The molecule has 0 radical (unpaired) electrons. The van der Waals surface area contributed by atoms with Gasteiger partial charge in [0.15, 0.2) is 0 Å². The molecule has 3 heterocycles. The minimum absolute atomic E-state index is 0.215. The molecule has 0 spiro atoms. The molecule has 0 atom stereocenters. The summed E-state index contributed by atoms with van der Waals surface area (Å²) in [5.41, 5.74) is 2.60. The molecular weight excluding hydrogens is 492 g/mol. The molecule has 5 rings (SSSR count). The van der Waals surface area contributed by atoms with Crippen LogP contribution in [0.5, 0.6) is 0 Å². The minimum Gasteiger partial charge on any atom is -0.381 e. The van der Waals surface area contributed by atoms with Crippen molar-refractivity contribution in [3.63, 3.8) is 0 Å². The van der Waals surface area contributed by atoms with E-state index in [0.717, 1.165) is 46.1 Å². The van der Waals surface area contributed by atoms with Gasteiger partial charge in [-0.25, -0.2) is 22.2 Å². The number of sulfonamides is 1. The maximum absolute atomic E-state index is 14.1. The molecule has 180 valence electrons. The number of ether oxygens (including phenoxy) is 1. The number of halogens is 2. The van der Waals surface area contributed by atoms with Gasteiger partial charge in [-0.2, -0.15) is 0 Å². The van der Waals surface area contributed by atoms with Crippen LogP contribution in [-0.2, 0) is 14.8 Å². The van der Waals surface area contributed by atoms with E-state index in [1.165, 1.54) is 0 Å². The molecule has 2 aromatic heterocycles. The molecular formula is C25H21F2N3O3S2. The van der Waals surface area contributed by atoms with E-state index in [0.29, 0.717) is 30.8 Å². The van der Waals surface area contributed by atoms with E-state index in [1.807, 2.05) is 18.2 Å². The van der Waals surface area contributed by atoms with Crippen LogP contribution in [0.2, 0.25) is 0 Å². The average molecular weight is 514 g/mol. The number of pyridine rings is 1. The van der Waals surface area contributed by atoms with Gasteiger partial charge in [0.05, 0.1) is 15.6 Å². The fourth-order valence-electron chi connectivity index (χ4n) is 3.97. The molecule has 1 N–H and O–H groups in total. The number of nitrogens with zero attached hydrogens (tertiary/aromatic N) is 2. The Labute approximate surface area is 205 Å². The summed E-state index contributed by atoms with van der Waals surface area (Å²) in [5.74, 6) is -1.58. The van der Waals surface area contributed by atoms with E-state index in [-0.39, 0.29) is 5.69 Å². The molecule has 0 aliphatic carbocycles. The number of benzene rings is 2. The van der Waals surface area contributed by atoms with Crippen LogP contribution < -0.4 is 4.72 Å². The lowest BCUT2D eigenvalue weighted by molar-refractivity contribution is 0.0853. The van der Waals surface area contributed by atoms with Gasteiger partial charge in [0.25, 0.3) is 10.0 Å². The van der Waals surface area contributed by atoms with Crippen molar-refractivity contribution in [2.24, 2.45) is 0 Å². The second-order valence-electron chi connectivity index (χ2n) is 8.11. The van der Waals surface area contributed by atoms with Gasteiger partial charge >= 0.3 is 0 Å². The topological polar surface area (TPSA) is 81.2 Å². The highest BCUT2D eigenvalue weighted by atomic mass is 32.2. The lowest BCUT2D eigenvalue weighted by atomic mass is 10.0. The monoisotopic (exact) mass is 513 g/mol. The highest BCUT2D eigenvalue weighted by Crippen LogP contribution is 2.41. The number of thiazole rings is 1. The summed E-state index contributed by atoms with van der Waals surface area (Å²) in [7, 11) is -4.34. The quantitative estimate of drug-likeness (QED) is 0.350. The Morgan fingerprint density at radius 3 is 2.51 bits per heavy atom. The number of hydrogen-bond acceptors (Lipinski definition) is 6. The zero-order valence-electron chi connectivity index (χ0n) is 18.4. The average Bonchev–Trinajstić information content (AvgIpc) is 3.32. The number of anilines is 1. The molecule has 0 bridgehead atoms. The lowest BCUT2D eigenvalue weighted by Gasteiger charge is -2.19. The Kier molecular flexibility index (Phi) is 6.59. The number of nitrogens with one attached hydrogen (secondary N) is 1. The van der Waals surface area contributed by atoms with Gasteiger partial charge in [-0.05, 0) is 60.9 Å². The van der Waals surface area contributed by atoms with Crippen molar-refractivity contribution < 1.29 is 21.9 Å². The van der Waals surface area contributed by atoms with E-state index in [9.17, 15) is 17.2 Å². The van der Waals surface area contributed by atoms with Crippen LogP contribution in [0.25, 0.3) is 21.7 Å². The molecule has 1 saturated heterocycles. The fraction of sp³-hybridized carbons (Fsp3) is 0.200. The van der Waals surface area contributed by atoms with Crippen molar-refractivity contribution in [2.75, 3.05) is 17.9 Å². The summed E-state index contributed by atoms with van der Waals surface area (Å²) < 4.78 is 61.1. The van der Waals surface area contributed by atoms with E-state index >= 15 is 0 Å². The van der Waals surface area contributed by atoms with Crippen LogP contribution >= 0.6 is 11.3 Å². The Bertz CT molecular complexity index is 1450. The third kappa shape index (κ3) is 5.09. The lowest BCUT2D eigenvalue weighted by Crippen LogP contribution is -2.15. The van der Waals surface area contributed by atoms with Crippen LogP contribution in [-0.4, -0.2) is 31.6 Å². The summed E-state index contributed by atoms with van der Waals surface area (Å²) in [6.45, 7) is 1.39. The molecule has 1 aliphatic heterocycles. The Morgan fingerprint density at radius 1 is 0.971 bits per heavy atom. The molecule has 2 aromatic carbocycles. The molecule has 0 saturated carbocycles. The van der Waals surface area contributed by atoms with Gasteiger partial charge in [-0.1, -0.05) is 12.1 Å². The molecule has 0 unspecified atom stereocenters. The van der Waals surface area contributed by atoms with Gasteiger partial charge in [-0.15, -0.1) is 11.3 Å². The zero-order valence-corrected chi connectivity index (χ0v) is 20.1. The summed E-state index contributed by atoms with van der Waals surface area (Å²) in [4.78, 5) is 9.25. The summed E-state index contributed by atoms with van der Waals surface area (Å²) in [6.07, 6.45) is 5.21. The van der Waals surface area contributed by atoms with Crippen LogP contribution in [0, 0.1) is 11.6 Å². The Morgan fingerprint density at radius 2 is 1.74 bits per heavy atom. The molecule has 35 heavy (non-hydrogen) atoms. The molecule has 6 nitrogen and oxygen atoms in total. The second-order valence-corrected chi connectivity index (χ2v) is 10.8. The van der Waals surface area contributed by atoms with Crippen LogP contribution in [0.1, 0.15) is 23.8 Å². The first-order valence-corrected chi connectivity index (χ1v) is 13.3. The van der Waals surface area contributed by atoms with Crippen LogP contribution in [0.3, 0.4) is 0 Å². The molecule has 4 aromatic rings. The standard InChI is InChI=1S/C25H21F2N3O3S2/c26-19-4-5-21(27)22(15-19)35(31,32)30-20-3-1-2-18(14-20)23-24(16-6-10-28-11-7-16)34-25(29-23)17-8-12-33-13-9-17/h1-7,10-11,14-15,17,30H,8-9,12-13H2.